The van der Waals surface area contributed by atoms with Crippen molar-refractivity contribution >= 4 is 11.8 Å². The van der Waals surface area contributed by atoms with Gasteiger partial charge in [0.1, 0.15) is 5.75 Å². The van der Waals surface area contributed by atoms with Crippen LogP contribution in [-0.4, -0.2) is 5.11 Å². The van der Waals surface area contributed by atoms with E-state index in [1.54, 1.807) is 17.8 Å². The van der Waals surface area contributed by atoms with E-state index in [0.29, 0.717) is 12.2 Å². The Morgan fingerprint density at radius 3 is 1.81 bits per heavy atom. The summed E-state index contributed by atoms with van der Waals surface area (Å²) in [5, 5.41) is 9.93. The molecule has 0 amide bonds. The SMILES string of the molecule is C=CCc1cc(Sc2ccc(CCCCCCCCCCCCCCC)cc2)ccc1O. The molecule has 2 heteroatoms. The molecule has 0 bridgehead atoms. The van der Waals surface area contributed by atoms with Crippen LogP contribution in [-0.2, 0) is 12.8 Å². The normalized spacial score (nSPS) is 11.0. The van der Waals surface area contributed by atoms with Crippen LogP contribution in [0, 0.1) is 0 Å². The number of benzene rings is 2. The maximum absolute atomic E-state index is 9.93. The zero-order valence-electron chi connectivity index (χ0n) is 20.3. The second kappa shape index (κ2) is 16.9. The van der Waals surface area contributed by atoms with Crippen LogP contribution in [0.25, 0.3) is 0 Å². The van der Waals surface area contributed by atoms with Crippen LogP contribution < -0.4 is 0 Å². The fourth-order valence-corrected chi connectivity index (χ4v) is 5.03. The van der Waals surface area contributed by atoms with Gasteiger partial charge >= 0.3 is 0 Å². The first-order valence-electron chi connectivity index (χ1n) is 12.9. The summed E-state index contributed by atoms with van der Waals surface area (Å²) in [5.41, 5.74) is 2.37. The minimum atomic E-state index is 0.349. The third-order valence-corrected chi connectivity index (χ3v) is 7.14. The van der Waals surface area contributed by atoms with Gasteiger partial charge in [0.2, 0.25) is 0 Å². The first-order valence-corrected chi connectivity index (χ1v) is 13.7. The van der Waals surface area contributed by atoms with Crippen molar-refractivity contribution in [3.8, 4) is 5.75 Å². The van der Waals surface area contributed by atoms with Gasteiger partial charge in [-0.25, -0.2) is 0 Å². The highest BCUT2D eigenvalue weighted by Crippen LogP contribution is 2.31. The Balaban J connectivity index is 1.54. The molecule has 2 aromatic carbocycles. The molecule has 0 spiro atoms. The van der Waals surface area contributed by atoms with E-state index in [2.05, 4.69) is 43.8 Å². The van der Waals surface area contributed by atoms with Crippen LogP contribution >= 0.6 is 11.8 Å². The highest BCUT2D eigenvalue weighted by Gasteiger charge is 2.04. The lowest BCUT2D eigenvalue weighted by Crippen LogP contribution is -1.87. The van der Waals surface area contributed by atoms with Crippen molar-refractivity contribution in [3.63, 3.8) is 0 Å². The molecule has 0 unspecified atom stereocenters. The molecule has 32 heavy (non-hydrogen) atoms. The fourth-order valence-electron chi connectivity index (χ4n) is 4.15. The van der Waals surface area contributed by atoms with Crippen molar-refractivity contribution in [1.29, 1.82) is 0 Å². The highest BCUT2D eigenvalue weighted by molar-refractivity contribution is 7.99. The third-order valence-electron chi connectivity index (χ3n) is 6.14. The standard InChI is InChI=1S/C30H44OS/c1-3-5-6-7-8-9-10-11-12-13-14-15-16-18-26-19-21-28(22-20-26)32-29-23-24-30(31)27(25-29)17-4-2/h4,19-25,31H,2-3,5-18H2,1H3. The summed E-state index contributed by atoms with van der Waals surface area (Å²) in [6.07, 6.45) is 22.0. The second-order valence-electron chi connectivity index (χ2n) is 9.02. The molecule has 0 heterocycles. The summed E-state index contributed by atoms with van der Waals surface area (Å²) < 4.78 is 0. The Morgan fingerprint density at radius 2 is 1.25 bits per heavy atom. The van der Waals surface area contributed by atoms with Gasteiger partial charge in [0.25, 0.3) is 0 Å². The van der Waals surface area contributed by atoms with Gasteiger partial charge in [0.15, 0.2) is 0 Å². The van der Waals surface area contributed by atoms with Gasteiger partial charge in [-0.3, -0.25) is 0 Å². The molecule has 0 saturated heterocycles. The number of hydrogen-bond donors (Lipinski definition) is 1. The third kappa shape index (κ3) is 11.3. The van der Waals surface area contributed by atoms with Gasteiger partial charge in [-0.2, -0.15) is 0 Å². The van der Waals surface area contributed by atoms with E-state index in [1.807, 2.05) is 12.1 Å². The Kier molecular flexibility index (Phi) is 14.0. The second-order valence-corrected chi connectivity index (χ2v) is 10.2. The molecule has 2 aromatic rings. The number of allylic oxidation sites excluding steroid dienone is 1. The van der Waals surface area contributed by atoms with Gasteiger partial charge < -0.3 is 5.11 Å². The lowest BCUT2D eigenvalue weighted by atomic mass is 10.0. The first kappa shape index (κ1) is 26.6. The molecule has 0 aromatic heterocycles. The average molecular weight is 453 g/mol. The molecule has 2 rings (SSSR count). The summed E-state index contributed by atoms with van der Waals surface area (Å²) in [6.45, 7) is 6.06. The van der Waals surface area contributed by atoms with E-state index in [1.165, 1.54) is 100 Å². The topological polar surface area (TPSA) is 20.2 Å². The molecule has 0 saturated carbocycles. The highest BCUT2D eigenvalue weighted by atomic mass is 32.2. The zero-order chi connectivity index (χ0) is 22.9. The molecule has 0 fully saturated rings. The lowest BCUT2D eigenvalue weighted by Gasteiger charge is -2.07. The van der Waals surface area contributed by atoms with E-state index < -0.39 is 0 Å². The predicted octanol–water partition coefficient (Wildman–Crippen LogP) is 9.91. The van der Waals surface area contributed by atoms with E-state index in [-0.39, 0.29) is 0 Å². The quantitative estimate of drug-likeness (QED) is 0.179. The van der Waals surface area contributed by atoms with Crippen molar-refractivity contribution in [3.05, 3.63) is 66.2 Å². The first-order chi connectivity index (χ1) is 15.7. The van der Waals surface area contributed by atoms with E-state index >= 15 is 0 Å². The largest absolute Gasteiger partial charge is 0.508 e. The Hall–Kier alpha value is -1.67. The Bertz CT molecular complexity index is 750. The van der Waals surface area contributed by atoms with Crippen molar-refractivity contribution in [2.45, 2.75) is 113 Å². The predicted molar refractivity (Wildman–Crippen MR) is 142 cm³/mol. The molecule has 0 aliphatic heterocycles. The van der Waals surface area contributed by atoms with Crippen molar-refractivity contribution in [1.82, 2.24) is 0 Å². The molecular weight excluding hydrogens is 408 g/mol. The fraction of sp³-hybridized carbons (Fsp3) is 0.533. The van der Waals surface area contributed by atoms with Crippen molar-refractivity contribution in [2.75, 3.05) is 0 Å². The molecule has 0 atom stereocenters. The minimum absolute atomic E-state index is 0.349. The van der Waals surface area contributed by atoms with Gasteiger partial charge in [0, 0.05) is 9.79 Å². The van der Waals surface area contributed by atoms with E-state index in [9.17, 15) is 5.11 Å². The van der Waals surface area contributed by atoms with Gasteiger partial charge in [-0.15, -0.1) is 6.58 Å². The van der Waals surface area contributed by atoms with Gasteiger partial charge in [0.05, 0.1) is 0 Å². The smallest absolute Gasteiger partial charge is 0.119 e. The van der Waals surface area contributed by atoms with Crippen LogP contribution in [0.1, 0.15) is 102 Å². The van der Waals surface area contributed by atoms with E-state index in [0.717, 1.165) is 10.5 Å². The van der Waals surface area contributed by atoms with Gasteiger partial charge in [-0.05, 0) is 60.7 Å². The Labute approximate surface area is 201 Å². The molecular formula is C30H44OS. The van der Waals surface area contributed by atoms with Crippen LogP contribution in [0.3, 0.4) is 0 Å². The summed E-state index contributed by atoms with van der Waals surface area (Å²) in [6, 6.07) is 14.8. The van der Waals surface area contributed by atoms with Crippen LogP contribution in [0.15, 0.2) is 64.9 Å². The van der Waals surface area contributed by atoms with Crippen LogP contribution in [0.5, 0.6) is 5.75 Å². The van der Waals surface area contributed by atoms with Crippen LogP contribution in [0.2, 0.25) is 0 Å². The number of aromatic hydroxyl groups is 1. The van der Waals surface area contributed by atoms with E-state index in [4.69, 9.17) is 0 Å². The number of aryl methyl sites for hydroxylation is 1. The Morgan fingerprint density at radius 1 is 0.719 bits per heavy atom. The maximum Gasteiger partial charge on any atom is 0.119 e. The molecule has 0 aliphatic carbocycles. The number of phenols is 1. The summed E-state index contributed by atoms with van der Waals surface area (Å²) in [7, 11) is 0. The monoisotopic (exact) mass is 452 g/mol. The number of phenolic OH excluding ortho intramolecular Hbond substituents is 1. The molecule has 0 aliphatic rings. The molecule has 0 radical (unpaired) electrons. The lowest BCUT2D eigenvalue weighted by molar-refractivity contribution is 0.469. The molecule has 1 nitrogen and oxygen atoms in total. The van der Waals surface area contributed by atoms with Gasteiger partial charge in [-0.1, -0.05) is 114 Å². The maximum atomic E-state index is 9.93. The summed E-state index contributed by atoms with van der Waals surface area (Å²) in [5.74, 6) is 0.349. The number of hydrogen-bond acceptors (Lipinski definition) is 2. The van der Waals surface area contributed by atoms with Crippen molar-refractivity contribution < 1.29 is 5.11 Å². The minimum Gasteiger partial charge on any atom is -0.508 e. The van der Waals surface area contributed by atoms with Crippen molar-refractivity contribution in [2.24, 2.45) is 0 Å². The summed E-state index contributed by atoms with van der Waals surface area (Å²) in [4.78, 5) is 2.40. The number of unbranched alkanes of at least 4 members (excludes halogenated alkanes) is 12. The molecule has 176 valence electrons. The molecule has 1 N–H and O–H groups in total. The number of rotatable bonds is 18. The average Bonchev–Trinajstić information content (AvgIpc) is 2.80. The zero-order valence-corrected chi connectivity index (χ0v) is 21.1. The summed E-state index contributed by atoms with van der Waals surface area (Å²) >= 11 is 1.75. The van der Waals surface area contributed by atoms with Crippen LogP contribution in [0.4, 0.5) is 0 Å².